The molecule has 0 fully saturated rings. The van der Waals surface area contributed by atoms with Gasteiger partial charge < -0.3 is 13.3 Å². The molecule has 214 valence electrons. The second-order valence-electron chi connectivity index (χ2n) is 10.7. The molecular weight excluding hydrogens is 612 g/mol. The highest BCUT2D eigenvalue weighted by molar-refractivity contribution is 9.10. The second kappa shape index (κ2) is 11.5. The minimum absolute atomic E-state index is 0.564. The number of halogens is 1. The van der Waals surface area contributed by atoms with E-state index in [9.17, 15) is 0 Å². The molecule has 0 radical (unpaired) electrons. The van der Waals surface area contributed by atoms with Crippen molar-refractivity contribution >= 4 is 94.6 Å². The zero-order valence-corrected chi connectivity index (χ0v) is 27.2. The molecule has 0 N–H and O–H groups in total. The molecule has 0 spiro atoms. The molecule has 8 aromatic carbocycles. The Morgan fingerprint density at radius 1 is 0.442 bits per heavy atom. The van der Waals surface area contributed by atoms with Crippen LogP contribution in [0.1, 0.15) is 20.8 Å². The summed E-state index contributed by atoms with van der Waals surface area (Å²) in [6, 6.07) is 39.1. The Hall–Kier alpha value is -3.58. The molecule has 8 rings (SSSR count). The third kappa shape index (κ3) is 4.67. The highest BCUT2D eigenvalue weighted by Crippen LogP contribution is 2.38. The van der Waals surface area contributed by atoms with Crippen LogP contribution in [-0.4, -0.2) is 28.6 Å². The van der Waals surface area contributed by atoms with Gasteiger partial charge in [0.25, 0.3) is 0 Å². The maximum Gasteiger partial charge on any atom is 0.537 e. The summed E-state index contributed by atoms with van der Waals surface area (Å²) in [6.45, 7) is 7.68. The molecule has 0 saturated carbocycles. The molecule has 0 unspecified atom stereocenters. The van der Waals surface area contributed by atoms with E-state index in [1.165, 1.54) is 69.1 Å². The van der Waals surface area contributed by atoms with E-state index in [1.807, 2.05) is 20.8 Å². The van der Waals surface area contributed by atoms with E-state index >= 15 is 0 Å². The predicted octanol–water partition coefficient (Wildman–Crippen LogP) is 10.2. The van der Waals surface area contributed by atoms with Crippen LogP contribution in [0.25, 0.3) is 64.6 Å². The zero-order valence-electron chi connectivity index (χ0n) is 24.6. The first kappa shape index (κ1) is 28.2. The lowest BCUT2D eigenvalue weighted by Crippen LogP contribution is -2.57. The average molecular weight is 646 g/mol. The molecule has 43 heavy (non-hydrogen) atoms. The Balaban J connectivity index is 0.000000152. The third-order valence-corrected chi connectivity index (χ3v) is 12.1. The van der Waals surface area contributed by atoms with E-state index in [0.717, 1.165) is 5.19 Å². The van der Waals surface area contributed by atoms with Gasteiger partial charge in [-0.15, -0.1) is 0 Å². The van der Waals surface area contributed by atoms with Gasteiger partial charge in [0, 0.05) is 29.5 Å². The van der Waals surface area contributed by atoms with Crippen LogP contribution in [-0.2, 0) is 13.3 Å². The van der Waals surface area contributed by atoms with Crippen molar-refractivity contribution in [2.24, 2.45) is 0 Å². The molecule has 0 aliphatic heterocycles. The fourth-order valence-corrected chi connectivity index (χ4v) is 9.78. The molecule has 0 aliphatic rings. The van der Waals surface area contributed by atoms with Crippen molar-refractivity contribution in [3.05, 3.63) is 114 Å². The van der Waals surface area contributed by atoms with E-state index in [4.69, 9.17) is 13.3 Å². The quantitative estimate of drug-likeness (QED) is 0.128. The fourth-order valence-electron chi connectivity index (χ4n) is 6.63. The predicted molar refractivity (Wildman–Crippen MR) is 188 cm³/mol. The maximum atomic E-state index is 6.18. The summed E-state index contributed by atoms with van der Waals surface area (Å²) in [6.07, 6.45) is 0. The molecule has 0 heterocycles. The molecule has 0 bridgehead atoms. The summed E-state index contributed by atoms with van der Waals surface area (Å²) in [5.74, 6) is 0. The molecule has 0 atom stereocenters. The standard InChI is InChI=1S/C22H24O3Si.C16H9Br/c1-4-23-26(24-5-2,25-6-3)20-15-13-18-11-10-16-8-7-9-17-12-14-19(20)22(18)21(16)17;17-14-9-7-12-5-4-10-2-1-3-11-6-8-13(14)16(12)15(10)11/h7-15H,4-6H2,1-3H3;1-9H. The van der Waals surface area contributed by atoms with Crippen molar-refractivity contribution in [3.63, 3.8) is 0 Å². The minimum atomic E-state index is -2.96. The van der Waals surface area contributed by atoms with E-state index in [0.29, 0.717) is 19.8 Å². The van der Waals surface area contributed by atoms with Gasteiger partial charge in [0.15, 0.2) is 0 Å². The topological polar surface area (TPSA) is 27.7 Å². The Morgan fingerprint density at radius 3 is 1.30 bits per heavy atom. The first-order valence-electron chi connectivity index (χ1n) is 15.0. The summed E-state index contributed by atoms with van der Waals surface area (Å²) in [5.41, 5.74) is 0. The minimum Gasteiger partial charge on any atom is -0.370 e. The van der Waals surface area contributed by atoms with Gasteiger partial charge in [-0.05, 0) is 91.5 Å². The molecule has 3 nitrogen and oxygen atoms in total. The maximum absolute atomic E-state index is 6.18. The van der Waals surface area contributed by atoms with Gasteiger partial charge in [-0.2, -0.15) is 0 Å². The SMILES string of the molecule is Brc1ccc2ccc3cccc4ccc1c2c34.CCO[Si](OCC)(OCC)c1ccc2ccc3cccc4ccc1c2c34. The largest absolute Gasteiger partial charge is 0.537 e. The van der Waals surface area contributed by atoms with Gasteiger partial charge in [0.05, 0.1) is 0 Å². The van der Waals surface area contributed by atoms with Gasteiger partial charge in [0.1, 0.15) is 0 Å². The second-order valence-corrected chi connectivity index (χ2v) is 14.1. The monoisotopic (exact) mass is 644 g/mol. The summed E-state index contributed by atoms with van der Waals surface area (Å²) in [4.78, 5) is 0. The van der Waals surface area contributed by atoms with Gasteiger partial charge in [-0.3, -0.25) is 0 Å². The van der Waals surface area contributed by atoms with Crippen LogP contribution in [0, 0.1) is 0 Å². The summed E-state index contributed by atoms with van der Waals surface area (Å²) in [7, 11) is -2.96. The molecule has 0 amide bonds. The van der Waals surface area contributed by atoms with Gasteiger partial charge >= 0.3 is 8.80 Å². The summed E-state index contributed by atoms with van der Waals surface area (Å²) < 4.78 is 19.7. The Morgan fingerprint density at radius 2 is 0.814 bits per heavy atom. The van der Waals surface area contributed by atoms with E-state index in [1.54, 1.807) is 0 Å². The number of benzene rings is 8. The normalized spacial score (nSPS) is 12.3. The smallest absolute Gasteiger partial charge is 0.370 e. The highest BCUT2D eigenvalue weighted by Gasteiger charge is 2.44. The molecular formula is C38H33BrO3Si. The van der Waals surface area contributed by atoms with Crippen LogP contribution in [0.5, 0.6) is 0 Å². The lowest BCUT2D eigenvalue weighted by Gasteiger charge is -2.30. The number of hydrogen-bond donors (Lipinski definition) is 0. The lowest BCUT2D eigenvalue weighted by atomic mass is 9.94. The van der Waals surface area contributed by atoms with Gasteiger partial charge in [0.2, 0.25) is 0 Å². The molecule has 8 aromatic rings. The highest BCUT2D eigenvalue weighted by atomic mass is 79.9. The fraction of sp³-hybridized carbons (Fsp3) is 0.158. The van der Waals surface area contributed by atoms with Crippen molar-refractivity contribution in [1.29, 1.82) is 0 Å². The van der Waals surface area contributed by atoms with Crippen LogP contribution in [0.2, 0.25) is 0 Å². The Bertz CT molecular complexity index is 2160. The van der Waals surface area contributed by atoms with Crippen molar-refractivity contribution in [3.8, 4) is 0 Å². The van der Waals surface area contributed by atoms with Crippen LogP contribution >= 0.6 is 15.9 Å². The van der Waals surface area contributed by atoms with Crippen LogP contribution in [0.15, 0.2) is 114 Å². The van der Waals surface area contributed by atoms with E-state index in [-0.39, 0.29) is 0 Å². The Labute approximate surface area is 261 Å². The average Bonchev–Trinajstić information content (AvgIpc) is 3.04. The van der Waals surface area contributed by atoms with Crippen LogP contribution < -0.4 is 5.19 Å². The van der Waals surface area contributed by atoms with Crippen molar-refractivity contribution in [1.82, 2.24) is 0 Å². The van der Waals surface area contributed by atoms with Crippen LogP contribution in [0.3, 0.4) is 0 Å². The van der Waals surface area contributed by atoms with Crippen molar-refractivity contribution in [2.45, 2.75) is 20.8 Å². The van der Waals surface area contributed by atoms with E-state index < -0.39 is 8.80 Å². The van der Waals surface area contributed by atoms with Crippen molar-refractivity contribution in [2.75, 3.05) is 19.8 Å². The first-order chi connectivity index (χ1) is 21.1. The lowest BCUT2D eigenvalue weighted by molar-refractivity contribution is 0.0862. The van der Waals surface area contributed by atoms with Gasteiger partial charge in [-0.1, -0.05) is 119 Å². The Kier molecular flexibility index (Phi) is 7.54. The number of rotatable bonds is 7. The van der Waals surface area contributed by atoms with Crippen molar-refractivity contribution < 1.29 is 13.3 Å². The number of hydrogen-bond acceptors (Lipinski definition) is 3. The summed E-state index contributed by atoms with van der Waals surface area (Å²) >= 11 is 3.64. The summed E-state index contributed by atoms with van der Waals surface area (Å²) in [5, 5.41) is 16.6. The van der Waals surface area contributed by atoms with Gasteiger partial charge in [-0.25, -0.2) is 0 Å². The first-order valence-corrected chi connectivity index (χ1v) is 17.5. The molecule has 0 aromatic heterocycles. The third-order valence-electron chi connectivity index (χ3n) is 8.34. The molecule has 0 aliphatic carbocycles. The van der Waals surface area contributed by atoms with Crippen LogP contribution in [0.4, 0.5) is 0 Å². The molecule has 5 heteroatoms. The van der Waals surface area contributed by atoms with E-state index in [2.05, 4.69) is 125 Å². The zero-order chi connectivity index (χ0) is 29.6. The molecule has 0 saturated heterocycles.